The number of hydrogen-bond acceptors (Lipinski definition) is 8. The average Bonchev–Trinajstić information content (AvgIpc) is 3.33. The average molecular weight is 643 g/mol. The Bertz CT molecular complexity index is 1860. The van der Waals surface area contributed by atoms with Crippen LogP contribution in [0.2, 0.25) is 0 Å². The van der Waals surface area contributed by atoms with Crippen LogP contribution in [0.15, 0.2) is 84.0 Å². The molecule has 0 saturated carbocycles. The van der Waals surface area contributed by atoms with Crippen LogP contribution in [0.5, 0.6) is 5.75 Å². The maximum atomic E-state index is 12.9. The van der Waals surface area contributed by atoms with Crippen LogP contribution in [-0.2, 0) is 9.84 Å². The Labute approximate surface area is 259 Å². The van der Waals surface area contributed by atoms with Gasteiger partial charge in [0.05, 0.1) is 22.0 Å². The van der Waals surface area contributed by atoms with Gasteiger partial charge in [-0.2, -0.15) is 0 Å². The van der Waals surface area contributed by atoms with E-state index in [1.807, 2.05) is 20.8 Å². The predicted molar refractivity (Wildman–Crippen MR) is 166 cm³/mol. The molecule has 0 saturated heterocycles. The van der Waals surface area contributed by atoms with Crippen molar-refractivity contribution in [3.8, 4) is 22.6 Å². The summed E-state index contributed by atoms with van der Waals surface area (Å²) < 4.78 is 68.2. The zero-order chi connectivity index (χ0) is 33.3. The molecule has 14 heteroatoms. The number of rotatable bonds is 8. The molecule has 0 bridgehead atoms. The van der Waals surface area contributed by atoms with Crippen LogP contribution < -0.4 is 26.6 Å². The number of sulfone groups is 1. The van der Waals surface area contributed by atoms with E-state index >= 15 is 0 Å². The Morgan fingerprint density at radius 1 is 1.02 bits per heavy atom. The summed E-state index contributed by atoms with van der Waals surface area (Å²) in [5, 5.41) is 4.12. The Hall–Kier alpha value is -4.82. The summed E-state index contributed by atoms with van der Waals surface area (Å²) in [6, 6.07) is 16.6. The summed E-state index contributed by atoms with van der Waals surface area (Å²) in [5.41, 5.74) is 8.26. The van der Waals surface area contributed by atoms with E-state index in [0.29, 0.717) is 33.9 Å². The lowest BCUT2D eigenvalue weighted by Crippen LogP contribution is -2.40. The molecular formula is C31H33F3N6O4S. The molecule has 1 aromatic heterocycles. The van der Waals surface area contributed by atoms with Gasteiger partial charge in [-0.25, -0.2) is 19.2 Å². The van der Waals surface area contributed by atoms with E-state index in [-0.39, 0.29) is 22.2 Å². The standard InChI is InChI=1S/C31H33F3N6O4S/c1-19-37-25(29(41)38-30(2,3)4)18-39(19)26-14-11-22(21-7-6-8-24(15-21)45(5,42)43)16-27(26)40(36)28(17-35)20-9-12-23(13-10-20)44-31(32,33)34/h6-18H,35-36H2,1-5H3,(H,38,41)/b28-17-. The predicted octanol–water partition coefficient (Wildman–Crippen LogP) is 5.32. The van der Waals surface area contributed by atoms with Crippen molar-refractivity contribution < 1.29 is 31.1 Å². The first-order chi connectivity index (χ1) is 20.9. The van der Waals surface area contributed by atoms with Gasteiger partial charge in [-0.05, 0) is 87.4 Å². The monoisotopic (exact) mass is 642 g/mol. The lowest BCUT2D eigenvalue weighted by atomic mass is 10.0. The van der Waals surface area contributed by atoms with E-state index in [1.54, 1.807) is 48.0 Å². The smallest absolute Gasteiger partial charge is 0.406 e. The molecule has 10 nitrogen and oxygen atoms in total. The molecular weight excluding hydrogens is 609 g/mol. The summed E-state index contributed by atoms with van der Waals surface area (Å²) in [7, 11) is -3.50. The molecule has 45 heavy (non-hydrogen) atoms. The third-order valence-electron chi connectivity index (χ3n) is 6.49. The van der Waals surface area contributed by atoms with Crippen LogP contribution in [0.25, 0.3) is 22.5 Å². The number of hydrazine groups is 1. The van der Waals surface area contributed by atoms with Crippen molar-refractivity contribution in [2.75, 3.05) is 11.3 Å². The largest absolute Gasteiger partial charge is 0.573 e. The van der Waals surface area contributed by atoms with E-state index in [1.165, 1.54) is 35.5 Å². The van der Waals surface area contributed by atoms with Gasteiger partial charge in [0.25, 0.3) is 5.91 Å². The van der Waals surface area contributed by atoms with Gasteiger partial charge < -0.3 is 20.4 Å². The highest BCUT2D eigenvalue weighted by molar-refractivity contribution is 7.90. The van der Waals surface area contributed by atoms with E-state index in [0.717, 1.165) is 18.4 Å². The number of imidazole rings is 1. The summed E-state index contributed by atoms with van der Waals surface area (Å²) >= 11 is 0. The number of amides is 1. The Morgan fingerprint density at radius 2 is 1.67 bits per heavy atom. The number of benzene rings is 3. The molecule has 0 aliphatic rings. The number of alkyl halides is 3. The molecule has 0 aliphatic carbocycles. The number of ether oxygens (including phenoxy) is 1. The number of carbonyl (C=O) groups is 1. The molecule has 0 atom stereocenters. The van der Waals surface area contributed by atoms with Gasteiger partial charge >= 0.3 is 6.36 Å². The number of nitrogens with one attached hydrogen (secondary N) is 1. The Balaban J connectivity index is 1.85. The molecule has 0 unspecified atom stereocenters. The molecule has 1 amide bonds. The van der Waals surface area contributed by atoms with Crippen LogP contribution in [0.4, 0.5) is 18.9 Å². The lowest BCUT2D eigenvalue weighted by Gasteiger charge is -2.26. The zero-order valence-corrected chi connectivity index (χ0v) is 26.0. The maximum absolute atomic E-state index is 12.9. The van der Waals surface area contributed by atoms with Crippen LogP contribution in [0.1, 0.15) is 42.6 Å². The Kier molecular flexibility index (Phi) is 9.03. The van der Waals surface area contributed by atoms with Crippen molar-refractivity contribution in [1.29, 1.82) is 0 Å². The van der Waals surface area contributed by atoms with Crippen molar-refractivity contribution in [3.05, 3.63) is 96.2 Å². The van der Waals surface area contributed by atoms with E-state index in [9.17, 15) is 26.4 Å². The summed E-state index contributed by atoms with van der Waals surface area (Å²) in [5.74, 6) is 6.33. The maximum Gasteiger partial charge on any atom is 0.573 e. The third-order valence-corrected chi connectivity index (χ3v) is 7.60. The highest BCUT2D eigenvalue weighted by Gasteiger charge is 2.31. The van der Waals surface area contributed by atoms with E-state index in [2.05, 4.69) is 15.0 Å². The van der Waals surface area contributed by atoms with Crippen molar-refractivity contribution in [2.45, 2.75) is 44.5 Å². The van der Waals surface area contributed by atoms with Crippen molar-refractivity contribution in [2.24, 2.45) is 11.6 Å². The van der Waals surface area contributed by atoms with E-state index < -0.39 is 27.5 Å². The van der Waals surface area contributed by atoms with Crippen LogP contribution in [0, 0.1) is 6.92 Å². The van der Waals surface area contributed by atoms with Crippen LogP contribution in [0.3, 0.4) is 0 Å². The first-order valence-corrected chi connectivity index (χ1v) is 15.4. The molecule has 0 fully saturated rings. The normalized spacial score (nSPS) is 12.6. The fourth-order valence-corrected chi connectivity index (χ4v) is 5.18. The molecule has 0 spiro atoms. The fraction of sp³-hybridized carbons (Fsp3) is 0.226. The highest BCUT2D eigenvalue weighted by Crippen LogP contribution is 2.35. The minimum atomic E-state index is -4.86. The second-order valence-electron chi connectivity index (χ2n) is 11.2. The van der Waals surface area contributed by atoms with Gasteiger partial charge in [0, 0.05) is 29.8 Å². The summed E-state index contributed by atoms with van der Waals surface area (Å²) in [6.07, 6.45) is -0.991. The second kappa shape index (κ2) is 12.3. The molecule has 1 heterocycles. The number of anilines is 1. The molecule has 5 N–H and O–H groups in total. The first-order valence-electron chi connectivity index (χ1n) is 13.5. The van der Waals surface area contributed by atoms with Crippen molar-refractivity contribution in [3.63, 3.8) is 0 Å². The molecule has 4 aromatic rings. The minimum Gasteiger partial charge on any atom is -0.406 e. The summed E-state index contributed by atoms with van der Waals surface area (Å²) in [6.45, 7) is 7.25. The fourth-order valence-electron chi connectivity index (χ4n) is 4.51. The number of halogens is 3. The SMILES string of the molecule is Cc1nc(C(=O)NC(C)(C)C)cn1-c1ccc(-c2cccc(S(C)(=O)=O)c2)cc1N(N)/C(=C\N)c1ccc(OC(F)(F)F)cc1. The topological polar surface area (TPSA) is 146 Å². The minimum absolute atomic E-state index is 0.124. The van der Waals surface area contributed by atoms with Crippen molar-refractivity contribution in [1.82, 2.24) is 14.9 Å². The van der Waals surface area contributed by atoms with Crippen molar-refractivity contribution >= 4 is 27.1 Å². The van der Waals surface area contributed by atoms with Crippen LogP contribution in [-0.4, -0.2) is 42.0 Å². The second-order valence-corrected chi connectivity index (χ2v) is 13.3. The van der Waals surface area contributed by atoms with Gasteiger partial charge in [-0.3, -0.25) is 9.80 Å². The lowest BCUT2D eigenvalue weighted by molar-refractivity contribution is -0.274. The van der Waals surface area contributed by atoms with Gasteiger partial charge in [0.15, 0.2) is 9.84 Å². The van der Waals surface area contributed by atoms with Gasteiger partial charge in [0.2, 0.25) is 0 Å². The zero-order valence-electron chi connectivity index (χ0n) is 25.2. The first kappa shape index (κ1) is 33.1. The Morgan fingerprint density at radius 3 is 2.24 bits per heavy atom. The van der Waals surface area contributed by atoms with E-state index in [4.69, 9.17) is 11.6 Å². The van der Waals surface area contributed by atoms with Crippen LogP contribution >= 0.6 is 0 Å². The number of nitrogens with two attached hydrogens (primary N) is 2. The quantitative estimate of drug-likeness (QED) is 0.173. The molecule has 3 aromatic carbocycles. The van der Waals surface area contributed by atoms with Gasteiger partial charge in [-0.1, -0.05) is 18.2 Å². The number of hydrogen-bond donors (Lipinski definition) is 3. The molecule has 0 aliphatic heterocycles. The summed E-state index contributed by atoms with van der Waals surface area (Å²) in [4.78, 5) is 17.5. The van der Waals surface area contributed by atoms with Gasteiger partial charge in [0.1, 0.15) is 17.3 Å². The molecule has 4 rings (SSSR count). The molecule has 238 valence electrons. The number of aryl methyl sites for hydroxylation is 1. The number of carbonyl (C=O) groups excluding carboxylic acids is 1. The molecule has 0 radical (unpaired) electrons. The number of aromatic nitrogens is 2. The van der Waals surface area contributed by atoms with Gasteiger partial charge in [-0.15, -0.1) is 13.2 Å². The third kappa shape index (κ3) is 8.02. The number of nitrogens with zero attached hydrogens (tertiary/aromatic N) is 3. The highest BCUT2D eigenvalue weighted by atomic mass is 32.2.